The van der Waals surface area contributed by atoms with Gasteiger partial charge in [-0.25, -0.2) is 4.98 Å². The number of alkyl halides is 2. The number of aromatic nitrogens is 4. The Bertz CT molecular complexity index is 1260. The highest BCUT2D eigenvalue weighted by Crippen LogP contribution is 2.29. The minimum atomic E-state index is -2.61. The smallest absolute Gasteiger partial charge is 0.288 e. The van der Waals surface area contributed by atoms with E-state index in [0.29, 0.717) is 34.9 Å². The molecule has 2 heterocycles. The Morgan fingerprint density at radius 3 is 2.42 bits per heavy atom. The number of rotatable bonds is 7. The average Bonchev–Trinajstić information content (AvgIpc) is 3.14. The molecule has 0 aliphatic heterocycles. The first-order valence-corrected chi connectivity index (χ1v) is 10.8. The Balaban J connectivity index is 1.41. The van der Waals surface area contributed by atoms with Crippen LogP contribution in [0.3, 0.4) is 0 Å². The van der Waals surface area contributed by atoms with E-state index in [4.69, 9.17) is 4.74 Å². The second kappa shape index (κ2) is 9.78. The molecule has 0 unspecified atom stereocenters. The van der Waals surface area contributed by atoms with E-state index < -0.39 is 11.7 Å². The van der Waals surface area contributed by atoms with E-state index in [2.05, 4.69) is 20.5 Å². The number of hydrogen-bond acceptors (Lipinski definition) is 6. The Morgan fingerprint density at radius 2 is 1.79 bits per heavy atom. The van der Waals surface area contributed by atoms with Crippen LogP contribution in [0.1, 0.15) is 21.7 Å². The molecule has 0 saturated heterocycles. The summed E-state index contributed by atoms with van der Waals surface area (Å²) < 4.78 is 33.0. The van der Waals surface area contributed by atoms with Gasteiger partial charge in [0.2, 0.25) is 5.88 Å². The van der Waals surface area contributed by atoms with E-state index >= 15 is 0 Å². The van der Waals surface area contributed by atoms with Gasteiger partial charge in [0.15, 0.2) is 5.82 Å². The molecule has 4 aromatic rings. The molecule has 1 N–H and O–H groups in total. The number of anilines is 1. The molecule has 0 bridgehead atoms. The highest BCUT2D eigenvalue weighted by molar-refractivity contribution is 7.99. The number of imidazole rings is 1. The van der Waals surface area contributed by atoms with Crippen LogP contribution in [0.15, 0.2) is 71.9 Å². The summed E-state index contributed by atoms with van der Waals surface area (Å²) >= 11 is 0.337. The molecule has 33 heavy (non-hydrogen) atoms. The zero-order chi connectivity index (χ0) is 23.4. The van der Waals surface area contributed by atoms with E-state index in [9.17, 15) is 13.6 Å². The van der Waals surface area contributed by atoms with Crippen molar-refractivity contribution in [3.05, 3.63) is 83.9 Å². The third-order valence-corrected chi connectivity index (χ3v) is 5.60. The highest BCUT2D eigenvalue weighted by Gasteiger charge is 2.15. The summed E-state index contributed by atoms with van der Waals surface area (Å²) in [5, 5.41) is 11.0. The second-order valence-electron chi connectivity index (χ2n) is 6.97. The summed E-state index contributed by atoms with van der Waals surface area (Å²) in [4.78, 5) is 17.0. The fourth-order valence-corrected chi connectivity index (χ4v) is 3.64. The molecule has 4 rings (SSSR count). The number of aryl methyl sites for hydroxylation is 1. The average molecular weight is 468 g/mol. The van der Waals surface area contributed by atoms with Gasteiger partial charge in [-0.1, -0.05) is 23.9 Å². The lowest BCUT2D eigenvalue weighted by Crippen LogP contribution is -2.13. The molecular weight excluding hydrogens is 448 g/mol. The van der Waals surface area contributed by atoms with E-state index in [1.54, 1.807) is 54.9 Å². The van der Waals surface area contributed by atoms with Crippen molar-refractivity contribution in [1.29, 1.82) is 0 Å². The molecule has 0 aliphatic rings. The van der Waals surface area contributed by atoms with Gasteiger partial charge in [0.05, 0.1) is 11.3 Å². The van der Waals surface area contributed by atoms with E-state index in [-0.39, 0.29) is 10.5 Å². The Labute approximate surface area is 192 Å². The molecule has 7 nitrogen and oxygen atoms in total. The summed E-state index contributed by atoms with van der Waals surface area (Å²) in [6, 6.07) is 16.3. The predicted octanol–water partition coefficient (Wildman–Crippen LogP) is 5.64. The Morgan fingerprint density at radius 1 is 1.03 bits per heavy atom. The maximum absolute atomic E-state index is 12.7. The predicted molar refractivity (Wildman–Crippen MR) is 121 cm³/mol. The standard InChI is InChI=1S/C23H19F2N5O2S/c1-14-15(2)30(13-26-14)20-11-12-21(29-28-20)32-17-9-7-16(8-10-17)27-22(31)18-5-3-4-6-19(18)33-23(24)25/h3-13,23H,1-2H3,(H,27,31). The molecule has 0 atom stereocenters. The quantitative estimate of drug-likeness (QED) is 0.354. The number of halogens is 2. The molecule has 2 aromatic carbocycles. The topological polar surface area (TPSA) is 81.9 Å². The fourth-order valence-electron chi connectivity index (χ4n) is 3.00. The van der Waals surface area contributed by atoms with Gasteiger partial charge in [-0.15, -0.1) is 10.2 Å². The van der Waals surface area contributed by atoms with E-state index in [1.807, 2.05) is 18.4 Å². The van der Waals surface area contributed by atoms with Crippen LogP contribution in [-0.2, 0) is 0 Å². The van der Waals surface area contributed by atoms with Gasteiger partial charge < -0.3 is 10.1 Å². The number of nitrogens with zero attached hydrogens (tertiary/aromatic N) is 4. The first-order chi connectivity index (χ1) is 15.9. The summed E-state index contributed by atoms with van der Waals surface area (Å²) in [7, 11) is 0. The normalized spacial score (nSPS) is 10.9. The minimum absolute atomic E-state index is 0.182. The van der Waals surface area contributed by atoms with E-state index in [1.165, 1.54) is 12.1 Å². The van der Waals surface area contributed by atoms with Crippen LogP contribution in [0.2, 0.25) is 0 Å². The number of hydrogen-bond donors (Lipinski definition) is 1. The Kier molecular flexibility index (Phi) is 6.64. The number of carbonyl (C=O) groups excluding carboxylic acids is 1. The number of nitrogens with one attached hydrogen (secondary N) is 1. The van der Waals surface area contributed by atoms with Gasteiger partial charge in [0, 0.05) is 22.3 Å². The number of thioether (sulfide) groups is 1. The molecule has 168 valence electrons. The molecule has 1 amide bonds. The van der Waals surface area contributed by atoms with Crippen molar-refractivity contribution in [2.45, 2.75) is 24.5 Å². The largest absolute Gasteiger partial charge is 0.438 e. The Hall–Kier alpha value is -3.79. The number of carbonyl (C=O) groups is 1. The van der Waals surface area contributed by atoms with Crippen LogP contribution in [-0.4, -0.2) is 31.4 Å². The van der Waals surface area contributed by atoms with Crippen LogP contribution in [0.4, 0.5) is 14.5 Å². The van der Waals surface area contributed by atoms with Gasteiger partial charge in [0.1, 0.15) is 12.1 Å². The van der Waals surface area contributed by atoms with Crippen LogP contribution >= 0.6 is 11.8 Å². The molecule has 0 radical (unpaired) electrons. The van der Waals surface area contributed by atoms with Crippen molar-refractivity contribution in [2.24, 2.45) is 0 Å². The van der Waals surface area contributed by atoms with Crippen LogP contribution < -0.4 is 10.1 Å². The lowest BCUT2D eigenvalue weighted by atomic mass is 10.2. The van der Waals surface area contributed by atoms with Crippen LogP contribution in [0.5, 0.6) is 11.6 Å². The monoisotopic (exact) mass is 467 g/mol. The van der Waals surface area contributed by atoms with Gasteiger partial charge in [-0.3, -0.25) is 9.36 Å². The lowest BCUT2D eigenvalue weighted by Gasteiger charge is -2.10. The summed E-state index contributed by atoms with van der Waals surface area (Å²) in [6.07, 6.45) is 1.69. The number of amides is 1. The molecule has 0 spiro atoms. The van der Waals surface area contributed by atoms with Crippen LogP contribution in [0, 0.1) is 13.8 Å². The van der Waals surface area contributed by atoms with Crippen molar-refractivity contribution >= 4 is 23.4 Å². The summed E-state index contributed by atoms with van der Waals surface area (Å²) in [5.41, 5.74) is 2.57. The molecule has 0 aliphatic carbocycles. The number of benzene rings is 2. The van der Waals surface area contributed by atoms with Crippen molar-refractivity contribution in [1.82, 2.24) is 19.7 Å². The van der Waals surface area contributed by atoms with Crippen molar-refractivity contribution < 1.29 is 18.3 Å². The first kappa shape index (κ1) is 22.4. The molecule has 0 saturated carbocycles. The van der Waals surface area contributed by atoms with Gasteiger partial charge in [-0.05, 0) is 56.3 Å². The summed E-state index contributed by atoms with van der Waals surface area (Å²) in [6.45, 7) is 3.87. The highest BCUT2D eigenvalue weighted by atomic mass is 32.2. The number of ether oxygens (including phenoxy) is 1. The second-order valence-corrected chi connectivity index (χ2v) is 8.00. The van der Waals surface area contributed by atoms with Gasteiger partial charge >= 0.3 is 0 Å². The SMILES string of the molecule is Cc1ncn(-c2ccc(Oc3ccc(NC(=O)c4ccccc4SC(F)F)cc3)nn2)c1C. The van der Waals surface area contributed by atoms with Crippen LogP contribution in [0.25, 0.3) is 5.82 Å². The lowest BCUT2D eigenvalue weighted by molar-refractivity contribution is 0.102. The zero-order valence-electron chi connectivity index (χ0n) is 17.7. The first-order valence-electron chi connectivity index (χ1n) is 9.88. The third-order valence-electron chi connectivity index (χ3n) is 4.81. The van der Waals surface area contributed by atoms with Gasteiger partial charge in [0.25, 0.3) is 11.7 Å². The zero-order valence-corrected chi connectivity index (χ0v) is 18.5. The molecule has 2 aromatic heterocycles. The molecular formula is C23H19F2N5O2S. The minimum Gasteiger partial charge on any atom is -0.438 e. The maximum atomic E-state index is 12.7. The maximum Gasteiger partial charge on any atom is 0.288 e. The molecule has 10 heteroatoms. The fraction of sp³-hybridized carbons (Fsp3) is 0.130. The third kappa shape index (κ3) is 5.35. The summed E-state index contributed by atoms with van der Waals surface area (Å²) in [5.74, 6) is -1.65. The van der Waals surface area contributed by atoms with Crippen molar-refractivity contribution in [3.63, 3.8) is 0 Å². The van der Waals surface area contributed by atoms with Crippen molar-refractivity contribution in [2.75, 3.05) is 5.32 Å². The van der Waals surface area contributed by atoms with Crippen molar-refractivity contribution in [3.8, 4) is 17.4 Å². The van der Waals surface area contributed by atoms with E-state index in [0.717, 1.165) is 11.4 Å². The molecule has 0 fully saturated rings. The van der Waals surface area contributed by atoms with Gasteiger partial charge in [-0.2, -0.15) is 8.78 Å².